The zero-order chi connectivity index (χ0) is 23.4. The van der Waals surface area contributed by atoms with E-state index in [2.05, 4.69) is 36.5 Å². The smallest absolute Gasteiger partial charge is 0.311 e. The second-order valence-corrected chi connectivity index (χ2v) is 7.55. The molecule has 0 aliphatic rings. The van der Waals surface area contributed by atoms with Crippen molar-refractivity contribution in [1.29, 1.82) is 0 Å². The van der Waals surface area contributed by atoms with E-state index in [1.807, 2.05) is 60.7 Å². The number of phenols is 1. The first-order valence-corrected chi connectivity index (χ1v) is 10.3. The van der Waals surface area contributed by atoms with Gasteiger partial charge >= 0.3 is 5.91 Å². The average Bonchev–Trinajstić information content (AvgIpc) is 3.28. The van der Waals surface area contributed by atoms with E-state index in [1.54, 1.807) is 4.68 Å². The third kappa shape index (κ3) is 4.77. The molecule has 3 aromatic carbocycles. The normalized spacial score (nSPS) is 10.9. The van der Waals surface area contributed by atoms with Crippen LogP contribution in [0, 0.1) is 10.1 Å². The third-order valence-electron chi connectivity index (χ3n) is 4.50. The lowest BCUT2D eigenvalue weighted by atomic mass is 10.2. The summed E-state index contributed by atoms with van der Waals surface area (Å²) in [5.74, 6) is -0.603. The number of aromatic hydroxyl groups is 1. The number of carbonyl (C=O) groups excluding carboxylic acids is 1. The largest absolute Gasteiger partial charge is 0.506 e. The van der Waals surface area contributed by atoms with Crippen molar-refractivity contribution in [2.75, 3.05) is 0 Å². The number of carbonyl (C=O) groups is 1. The van der Waals surface area contributed by atoms with Crippen LogP contribution in [0.1, 0.15) is 16.2 Å². The van der Waals surface area contributed by atoms with Crippen LogP contribution in [0.15, 0.2) is 82.4 Å². The Morgan fingerprint density at radius 3 is 2.45 bits per heavy atom. The molecule has 33 heavy (non-hydrogen) atoms. The van der Waals surface area contributed by atoms with Gasteiger partial charge in [0.1, 0.15) is 5.75 Å². The van der Waals surface area contributed by atoms with Gasteiger partial charge in [-0.3, -0.25) is 14.9 Å². The van der Waals surface area contributed by atoms with Crippen molar-refractivity contribution in [3.05, 3.63) is 98.8 Å². The molecule has 2 N–H and O–H groups in total. The maximum Gasteiger partial charge on any atom is 0.311 e. The van der Waals surface area contributed by atoms with Gasteiger partial charge in [-0.05, 0) is 28.1 Å². The Bertz CT molecular complexity index is 1300. The number of rotatable bonds is 6. The molecule has 0 radical (unpaired) electrons. The summed E-state index contributed by atoms with van der Waals surface area (Å²) in [5.41, 5.74) is 3.57. The van der Waals surface area contributed by atoms with E-state index in [4.69, 9.17) is 0 Å². The van der Waals surface area contributed by atoms with Crippen molar-refractivity contribution in [2.24, 2.45) is 5.10 Å². The lowest BCUT2D eigenvalue weighted by Gasteiger charge is -2.05. The molecule has 1 heterocycles. The van der Waals surface area contributed by atoms with Crippen molar-refractivity contribution in [2.45, 2.75) is 0 Å². The van der Waals surface area contributed by atoms with Crippen molar-refractivity contribution in [1.82, 2.24) is 20.2 Å². The van der Waals surface area contributed by atoms with Crippen LogP contribution >= 0.6 is 15.9 Å². The lowest BCUT2D eigenvalue weighted by molar-refractivity contribution is -0.385. The summed E-state index contributed by atoms with van der Waals surface area (Å²) >= 11 is 3.05. The zero-order valence-corrected chi connectivity index (χ0v) is 18.4. The van der Waals surface area contributed by atoms with Crippen LogP contribution < -0.4 is 5.43 Å². The molecule has 164 valence electrons. The van der Waals surface area contributed by atoms with E-state index in [0.29, 0.717) is 5.82 Å². The number of hydrogen-bond donors (Lipinski definition) is 2. The van der Waals surface area contributed by atoms with Gasteiger partial charge in [0.05, 0.1) is 21.3 Å². The molecule has 10 nitrogen and oxygen atoms in total. The number of aromatic nitrogens is 3. The summed E-state index contributed by atoms with van der Waals surface area (Å²) in [4.78, 5) is 27.4. The molecule has 0 fully saturated rings. The van der Waals surface area contributed by atoms with Crippen molar-refractivity contribution < 1.29 is 14.8 Å². The van der Waals surface area contributed by atoms with Crippen LogP contribution in [0.2, 0.25) is 0 Å². The highest BCUT2D eigenvalue weighted by atomic mass is 79.9. The first kappa shape index (κ1) is 21.8. The molecule has 0 unspecified atom stereocenters. The van der Waals surface area contributed by atoms with Crippen LogP contribution in [0.4, 0.5) is 5.69 Å². The SMILES string of the molecule is O=C(N/N=C\c1cc([N+](=O)[O-])cc(Br)c1O)c1nc(-c2ccccc2)n(-c2ccccc2)n1. The molecule has 0 saturated heterocycles. The highest BCUT2D eigenvalue weighted by Gasteiger charge is 2.19. The standard InChI is InChI=1S/C22H15BrN6O4/c23-18-12-17(29(32)33)11-15(19(18)30)13-24-26-22(31)20-25-21(14-7-3-1-4-8-14)28(27-20)16-9-5-2-6-10-16/h1-13,30H,(H,26,31)/b24-13-. The zero-order valence-electron chi connectivity index (χ0n) is 16.8. The number of non-ortho nitro benzene ring substituents is 1. The minimum Gasteiger partial charge on any atom is -0.506 e. The van der Waals surface area contributed by atoms with Crippen LogP contribution in [-0.4, -0.2) is 36.9 Å². The van der Waals surface area contributed by atoms with Gasteiger partial charge in [-0.15, -0.1) is 5.10 Å². The predicted octanol–water partition coefficient (Wildman–Crippen LogP) is 4.07. The summed E-state index contributed by atoms with van der Waals surface area (Å²) in [6, 6.07) is 20.8. The maximum absolute atomic E-state index is 12.6. The quantitative estimate of drug-likeness (QED) is 0.229. The fraction of sp³-hybridized carbons (Fsp3) is 0. The van der Waals surface area contributed by atoms with Gasteiger partial charge < -0.3 is 5.11 Å². The molecule has 4 aromatic rings. The summed E-state index contributed by atoms with van der Waals surface area (Å²) in [5, 5.41) is 29.2. The number of para-hydroxylation sites is 1. The van der Waals surface area contributed by atoms with Gasteiger partial charge in [-0.25, -0.2) is 15.1 Å². The fourth-order valence-corrected chi connectivity index (χ4v) is 3.41. The Morgan fingerprint density at radius 2 is 1.79 bits per heavy atom. The second-order valence-electron chi connectivity index (χ2n) is 6.69. The van der Waals surface area contributed by atoms with E-state index in [0.717, 1.165) is 29.6 Å². The number of nitro groups is 1. The molecule has 4 rings (SSSR count). The molecule has 0 atom stereocenters. The molecular formula is C22H15BrN6O4. The fourth-order valence-electron chi connectivity index (χ4n) is 2.95. The lowest BCUT2D eigenvalue weighted by Crippen LogP contribution is -2.19. The summed E-state index contributed by atoms with van der Waals surface area (Å²) < 4.78 is 1.68. The number of benzene rings is 3. The molecule has 1 amide bonds. The van der Waals surface area contributed by atoms with Crippen LogP contribution in [0.3, 0.4) is 0 Å². The molecule has 0 bridgehead atoms. The van der Waals surface area contributed by atoms with Crippen molar-refractivity contribution in [3.8, 4) is 22.8 Å². The Kier molecular flexibility index (Phi) is 6.22. The molecule has 1 aromatic heterocycles. The van der Waals surface area contributed by atoms with E-state index < -0.39 is 10.8 Å². The highest BCUT2D eigenvalue weighted by molar-refractivity contribution is 9.10. The maximum atomic E-state index is 12.6. The molecular weight excluding hydrogens is 492 g/mol. The van der Waals surface area contributed by atoms with Gasteiger partial charge in [0.2, 0.25) is 5.82 Å². The minimum absolute atomic E-state index is 0.0455. The Morgan fingerprint density at radius 1 is 1.12 bits per heavy atom. The number of hydrazone groups is 1. The summed E-state index contributed by atoms with van der Waals surface area (Å²) in [7, 11) is 0. The molecule has 0 saturated carbocycles. The average molecular weight is 507 g/mol. The van der Waals surface area contributed by atoms with Gasteiger partial charge in [-0.2, -0.15) is 5.10 Å². The van der Waals surface area contributed by atoms with Crippen molar-refractivity contribution in [3.63, 3.8) is 0 Å². The first-order chi connectivity index (χ1) is 15.9. The van der Waals surface area contributed by atoms with Gasteiger partial charge in [0, 0.05) is 23.3 Å². The van der Waals surface area contributed by atoms with Crippen LogP contribution in [0.25, 0.3) is 17.1 Å². The van der Waals surface area contributed by atoms with Gasteiger partial charge in [-0.1, -0.05) is 48.5 Å². The van der Waals surface area contributed by atoms with E-state index in [1.165, 1.54) is 0 Å². The third-order valence-corrected chi connectivity index (χ3v) is 5.11. The highest BCUT2D eigenvalue weighted by Crippen LogP contribution is 2.31. The second kappa shape index (κ2) is 9.40. The summed E-state index contributed by atoms with van der Waals surface area (Å²) in [6.07, 6.45) is 1.09. The monoisotopic (exact) mass is 506 g/mol. The van der Waals surface area contributed by atoms with E-state index in [9.17, 15) is 20.0 Å². The molecule has 0 aliphatic carbocycles. The molecule has 0 spiro atoms. The molecule has 11 heteroatoms. The van der Waals surface area contributed by atoms with Gasteiger partial charge in [0.25, 0.3) is 5.69 Å². The molecule has 0 aliphatic heterocycles. The predicted molar refractivity (Wildman–Crippen MR) is 124 cm³/mol. The van der Waals surface area contributed by atoms with Crippen LogP contribution in [0.5, 0.6) is 5.75 Å². The number of halogens is 1. The first-order valence-electron chi connectivity index (χ1n) is 9.52. The number of amides is 1. The number of hydrogen-bond acceptors (Lipinski definition) is 7. The Labute approximate surface area is 195 Å². The number of phenolic OH excluding ortho intramolecular Hbond substituents is 1. The number of nitrogens with zero attached hydrogens (tertiary/aromatic N) is 5. The topological polar surface area (TPSA) is 136 Å². The van der Waals surface area contributed by atoms with Gasteiger partial charge in [0.15, 0.2) is 5.82 Å². The number of nitro benzene ring substituents is 1. The minimum atomic E-state index is -0.693. The van der Waals surface area contributed by atoms with E-state index >= 15 is 0 Å². The Balaban J connectivity index is 1.62. The number of nitrogens with one attached hydrogen (secondary N) is 1. The van der Waals surface area contributed by atoms with Crippen molar-refractivity contribution >= 4 is 33.7 Å². The van der Waals surface area contributed by atoms with Crippen LogP contribution in [-0.2, 0) is 0 Å². The van der Waals surface area contributed by atoms with E-state index in [-0.39, 0.29) is 27.3 Å². The Hall–Kier alpha value is -4.38. The summed E-state index contributed by atoms with van der Waals surface area (Å²) in [6.45, 7) is 0.